The molecule has 0 saturated carbocycles. The molecule has 0 N–H and O–H groups in total. The van der Waals surface area contributed by atoms with Crippen LogP contribution in [0, 0.1) is 5.92 Å². The molecule has 21 heavy (non-hydrogen) atoms. The van der Waals surface area contributed by atoms with Gasteiger partial charge in [0.25, 0.3) is 0 Å². The van der Waals surface area contributed by atoms with Gasteiger partial charge in [-0.25, -0.2) is 0 Å². The molecule has 0 aliphatic carbocycles. The van der Waals surface area contributed by atoms with Gasteiger partial charge in [0.1, 0.15) is 0 Å². The van der Waals surface area contributed by atoms with E-state index in [2.05, 4.69) is 47.9 Å². The summed E-state index contributed by atoms with van der Waals surface area (Å²) in [6, 6.07) is 0.817. The molecule has 0 amide bonds. The zero-order valence-corrected chi connectivity index (χ0v) is 14.4. The van der Waals surface area contributed by atoms with Crippen LogP contribution in [0.15, 0.2) is 12.2 Å². The summed E-state index contributed by atoms with van der Waals surface area (Å²) in [6.45, 7) is 9.91. The number of likely N-dealkylation sites (N-methyl/N-ethyl adjacent to an activating group) is 1. The second-order valence-electron chi connectivity index (χ2n) is 7.15. The highest BCUT2D eigenvalue weighted by Gasteiger charge is 2.27. The normalized spacial score (nSPS) is 23.2. The minimum absolute atomic E-state index is 0.817. The zero-order chi connectivity index (χ0) is 15.1. The molecule has 122 valence electrons. The summed E-state index contributed by atoms with van der Waals surface area (Å²) >= 11 is 0. The summed E-state index contributed by atoms with van der Waals surface area (Å²) in [5.74, 6) is 0.935. The van der Waals surface area contributed by atoms with E-state index in [1.165, 1.54) is 71.4 Å². The van der Waals surface area contributed by atoms with Crippen molar-refractivity contribution in [2.24, 2.45) is 5.92 Å². The molecule has 2 rings (SSSR count). The fourth-order valence-corrected chi connectivity index (χ4v) is 3.61. The Hall–Kier alpha value is -0.380. The maximum atomic E-state index is 2.69. The highest BCUT2D eigenvalue weighted by Crippen LogP contribution is 2.20. The molecule has 3 heteroatoms. The SMILES string of the molecule is CCCN(CC/C=C/CC1CCN(C)CC1)C1CN(C)C1. The number of rotatable bonds is 8. The summed E-state index contributed by atoms with van der Waals surface area (Å²) in [4.78, 5) is 7.57. The van der Waals surface area contributed by atoms with E-state index in [1.54, 1.807) is 0 Å². The lowest BCUT2D eigenvalue weighted by Gasteiger charge is -2.43. The molecule has 0 bridgehead atoms. The topological polar surface area (TPSA) is 9.72 Å². The third kappa shape index (κ3) is 5.72. The maximum Gasteiger partial charge on any atom is 0.0350 e. The molecular weight excluding hydrogens is 258 g/mol. The predicted molar refractivity (Wildman–Crippen MR) is 91.7 cm³/mol. The number of hydrogen-bond donors (Lipinski definition) is 0. The first kappa shape index (κ1) is 17.0. The number of likely N-dealkylation sites (tertiary alicyclic amines) is 2. The largest absolute Gasteiger partial charge is 0.306 e. The molecule has 2 heterocycles. The maximum absolute atomic E-state index is 2.69. The fraction of sp³-hybridized carbons (Fsp3) is 0.889. The van der Waals surface area contributed by atoms with Crippen LogP contribution in [0.1, 0.15) is 39.0 Å². The molecule has 2 saturated heterocycles. The van der Waals surface area contributed by atoms with Gasteiger partial charge in [0.2, 0.25) is 0 Å². The Kier molecular flexibility index (Phi) is 7.21. The predicted octanol–water partition coefficient (Wildman–Crippen LogP) is 2.69. The number of allylic oxidation sites excluding steroid dienone is 1. The lowest BCUT2D eigenvalue weighted by molar-refractivity contribution is 0.0535. The third-order valence-electron chi connectivity index (χ3n) is 5.13. The van der Waals surface area contributed by atoms with E-state index in [0.717, 1.165) is 12.0 Å². The second kappa shape index (κ2) is 8.92. The van der Waals surface area contributed by atoms with Crippen molar-refractivity contribution >= 4 is 0 Å². The van der Waals surface area contributed by atoms with Gasteiger partial charge >= 0.3 is 0 Å². The third-order valence-corrected chi connectivity index (χ3v) is 5.13. The first-order valence-electron chi connectivity index (χ1n) is 8.95. The van der Waals surface area contributed by atoms with Crippen molar-refractivity contribution in [3.05, 3.63) is 12.2 Å². The van der Waals surface area contributed by atoms with Crippen LogP contribution in [0.3, 0.4) is 0 Å². The van der Waals surface area contributed by atoms with Crippen molar-refractivity contribution in [2.75, 3.05) is 53.4 Å². The number of hydrogen-bond acceptors (Lipinski definition) is 3. The molecule has 0 aromatic heterocycles. The van der Waals surface area contributed by atoms with Crippen molar-refractivity contribution in [3.63, 3.8) is 0 Å². The fourth-order valence-electron chi connectivity index (χ4n) is 3.61. The van der Waals surface area contributed by atoms with Crippen LogP contribution in [0.5, 0.6) is 0 Å². The smallest absolute Gasteiger partial charge is 0.0350 e. The summed E-state index contributed by atoms with van der Waals surface area (Å²) in [5.41, 5.74) is 0. The van der Waals surface area contributed by atoms with E-state index < -0.39 is 0 Å². The van der Waals surface area contributed by atoms with Crippen molar-refractivity contribution in [1.82, 2.24) is 14.7 Å². The molecule has 0 atom stereocenters. The molecule has 2 fully saturated rings. The standard InChI is InChI=1S/C18H35N3/c1-4-11-21(18-15-20(3)16-18)12-7-5-6-8-17-9-13-19(2)14-10-17/h5-6,17-18H,4,7-16H2,1-3H3/b6-5+. The van der Waals surface area contributed by atoms with E-state index in [-0.39, 0.29) is 0 Å². The van der Waals surface area contributed by atoms with Gasteiger partial charge in [-0.05, 0) is 71.8 Å². The van der Waals surface area contributed by atoms with Crippen LogP contribution in [0.4, 0.5) is 0 Å². The van der Waals surface area contributed by atoms with Gasteiger partial charge in [-0.1, -0.05) is 19.1 Å². The lowest BCUT2D eigenvalue weighted by atomic mass is 9.93. The van der Waals surface area contributed by atoms with Crippen molar-refractivity contribution in [1.29, 1.82) is 0 Å². The molecule has 0 radical (unpaired) electrons. The molecule has 0 aromatic carbocycles. The van der Waals surface area contributed by atoms with Gasteiger partial charge in [0.15, 0.2) is 0 Å². The van der Waals surface area contributed by atoms with Gasteiger partial charge in [0.05, 0.1) is 0 Å². The summed E-state index contributed by atoms with van der Waals surface area (Å²) in [5, 5.41) is 0. The van der Waals surface area contributed by atoms with Crippen molar-refractivity contribution < 1.29 is 0 Å². The Labute approximate surface area is 132 Å². The number of nitrogens with zero attached hydrogens (tertiary/aromatic N) is 3. The second-order valence-corrected chi connectivity index (χ2v) is 7.15. The molecule has 2 aliphatic heterocycles. The Morgan fingerprint density at radius 2 is 1.71 bits per heavy atom. The van der Waals surface area contributed by atoms with Crippen LogP contribution in [-0.2, 0) is 0 Å². The van der Waals surface area contributed by atoms with E-state index in [9.17, 15) is 0 Å². The Bertz CT molecular complexity index is 302. The molecule has 0 spiro atoms. The average Bonchev–Trinajstić information content (AvgIpc) is 2.45. The van der Waals surface area contributed by atoms with Gasteiger partial charge in [-0.2, -0.15) is 0 Å². The van der Waals surface area contributed by atoms with E-state index >= 15 is 0 Å². The molecule has 0 aromatic rings. The molecule has 2 aliphatic rings. The summed E-state index contributed by atoms with van der Waals surface area (Å²) in [7, 11) is 4.47. The van der Waals surface area contributed by atoms with Crippen LogP contribution >= 0.6 is 0 Å². The molecular formula is C18H35N3. The summed E-state index contributed by atoms with van der Waals surface area (Å²) in [6.07, 6.45) is 11.5. The lowest BCUT2D eigenvalue weighted by Crippen LogP contribution is -2.58. The van der Waals surface area contributed by atoms with Crippen LogP contribution < -0.4 is 0 Å². The van der Waals surface area contributed by atoms with Crippen molar-refractivity contribution in [3.8, 4) is 0 Å². The first-order chi connectivity index (χ1) is 10.2. The molecule has 3 nitrogen and oxygen atoms in total. The monoisotopic (exact) mass is 293 g/mol. The van der Waals surface area contributed by atoms with E-state index in [0.29, 0.717) is 0 Å². The Morgan fingerprint density at radius 1 is 1.00 bits per heavy atom. The van der Waals surface area contributed by atoms with Crippen LogP contribution in [0.25, 0.3) is 0 Å². The van der Waals surface area contributed by atoms with Gasteiger partial charge in [-0.15, -0.1) is 0 Å². The van der Waals surface area contributed by atoms with E-state index in [1.807, 2.05) is 0 Å². The Morgan fingerprint density at radius 3 is 2.33 bits per heavy atom. The van der Waals surface area contributed by atoms with Crippen LogP contribution in [-0.4, -0.2) is 74.1 Å². The molecule has 0 unspecified atom stereocenters. The first-order valence-corrected chi connectivity index (χ1v) is 8.95. The van der Waals surface area contributed by atoms with Gasteiger partial charge in [0, 0.05) is 25.7 Å². The quantitative estimate of drug-likeness (QED) is 0.637. The highest BCUT2D eigenvalue weighted by molar-refractivity contribution is 4.90. The van der Waals surface area contributed by atoms with Gasteiger partial charge in [-0.3, -0.25) is 4.90 Å². The average molecular weight is 293 g/mol. The minimum atomic E-state index is 0.817. The zero-order valence-electron chi connectivity index (χ0n) is 14.4. The summed E-state index contributed by atoms with van der Waals surface area (Å²) < 4.78 is 0. The Balaban J connectivity index is 1.59. The van der Waals surface area contributed by atoms with E-state index in [4.69, 9.17) is 0 Å². The van der Waals surface area contributed by atoms with Gasteiger partial charge < -0.3 is 9.80 Å². The number of piperidine rings is 1. The van der Waals surface area contributed by atoms with Crippen molar-refractivity contribution in [2.45, 2.75) is 45.1 Å². The van der Waals surface area contributed by atoms with Crippen LogP contribution in [0.2, 0.25) is 0 Å². The highest BCUT2D eigenvalue weighted by atomic mass is 15.3. The minimum Gasteiger partial charge on any atom is -0.306 e.